The molecule has 106 valence electrons. The number of anilines is 1. The van der Waals surface area contributed by atoms with Crippen LogP contribution in [0.5, 0.6) is 0 Å². The highest BCUT2D eigenvalue weighted by Crippen LogP contribution is 2.31. The molecule has 0 radical (unpaired) electrons. The molecule has 0 saturated heterocycles. The Bertz CT molecular complexity index is 413. The molecule has 5 heteroatoms. The van der Waals surface area contributed by atoms with Crippen molar-refractivity contribution < 1.29 is 4.79 Å². The zero-order valence-corrected chi connectivity index (χ0v) is 14.6. The molecule has 1 rings (SSSR count). The number of benzene rings is 1. The normalized spacial score (nSPS) is 12.3. The lowest BCUT2D eigenvalue weighted by Gasteiger charge is -2.21. The number of hydrogen-bond acceptors (Lipinski definition) is 2. The predicted molar refractivity (Wildman–Crippen MR) is 87.4 cm³/mol. The third kappa shape index (κ3) is 4.80. The number of amides is 1. The van der Waals surface area contributed by atoms with E-state index in [9.17, 15) is 4.79 Å². The minimum Gasteiger partial charge on any atom is -0.372 e. The van der Waals surface area contributed by atoms with Gasteiger partial charge in [-0.3, -0.25) is 4.79 Å². The lowest BCUT2D eigenvalue weighted by Crippen LogP contribution is -2.42. The van der Waals surface area contributed by atoms with E-state index in [4.69, 9.17) is 0 Å². The van der Waals surface area contributed by atoms with Crippen LogP contribution in [0.3, 0.4) is 0 Å². The van der Waals surface area contributed by atoms with E-state index in [0.717, 1.165) is 27.5 Å². The molecule has 2 N–H and O–H groups in total. The number of hydrogen-bond donors (Lipinski definition) is 2. The summed E-state index contributed by atoms with van der Waals surface area (Å²) >= 11 is 6.96. The molecule has 0 aliphatic carbocycles. The van der Waals surface area contributed by atoms with Gasteiger partial charge in [-0.25, -0.2) is 0 Å². The van der Waals surface area contributed by atoms with Gasteiger partial charge in [0.1, 0.15) is 6.04 Å². The number of para-hydroxylation sites is 1. The summed E-state index contributed by atoms with van der Waals surface area (Å²) in [6.45, 7) is 6.03. The maximum absolute atomic E-state index is 12.1. The Balaban J connectivity index is 2.69. The summed E-state index contributed by atoms with van der Waals surface area (Å²) in [5.41, 5.74) is 0.898. The first-order valence-corrected chi connectivity index (χ1v) is 8.09. The fraction of sp³-hybridized carbons (Fsp3) is 0.500. The van der Waals surface area contributed by atoms with Crippen molar-refractivity contribution in [1.82, 2.24) is 5.32 Å². The molecule has 0 aliphatic heterocycles. The summed E-state index contributed by atoms with van der Waals surface area (Å²) in [6, 6.07) is 5.79. The molecule has 0 heterocycles. The molecular formula is C14H20Br2N2O. The van der Waals surface area contributed by atoms with Crippen molar-refractivity contribution in [2.24, 2.45) is 0 Å². The Morgan fingerprint density at radius 2 is 1.74 bits per heavy atom. The van der Waals surface area contributed by atoms with Gasteiger partial charge in [0.15, 0.2) is 0 Å². The van der Waals surface area contributed by atoms with E-state index in [-0.39, 0.29) is 18.0 Å². The summed E-state index contributed by atoms with van der Waals surface area (Å²) in [6.07, 6.45) is 1.90. The van der Waals surface area contributed by atoms with Crippen LogP contribution in [0.1, 0.15) is 33.6 Å². The van der Waals surface area contributed by atoms with E-state index >= 15 is 0 Å². The zero-order chi connectivity index (χ0) is 14.4. The van der Waals surface area contributed by atoms with Crippen LogP contribution in [-0.2, 0) is 4.79 Å². The molecule has 1 aromatic rings. The summed E-state index contributed by atoms with van der Waals surface area (Å²) in [5.74, 6) is 0.0244. The second-order valence-electron chi connectivity index (χ2n) is 4.48. The van der Waals surface area contributed by atoms with E-state index in [1.807, 2.05) is 25.1 Å². The van der Waals surface area contributed by atoms with Crippen molar-refractivity contribution in [3.8, 4) is 0 Å². The lowest BCUT2D eigenvalue weighted by atomic mass is 10.1. The van der Waals surface area contributed by atoms with E-state index in [1.54, 1.807) is 0 Å². The van der Waals surface area contributed by atoms with E-state index in [2.05, 4.69) is 56.3 Å². The summed E-state index contributed by atoms with van der Waals surface area (Å²) < 4.78 is 1.87. The van der Waals surface area contributed by atoms with Crippen LogP contribution in [0.2, 0.25) is 0 Å². The highest BCUT2D eigenvalue weighted by atomic mass is 79.9. The quantitative estimate of drug-likeness (QED) is 0.758. The van der Waals surface area contributed by atoms with Crippen LogP contribution in [0.15, 0.2) is 27.1 Å². The summed E-state index contributed by atoms with van der Waals surface area (Å²) in [7, 11) is 0. The van der Waals surface area contributed by atoms with Crippen LogP contribution in [0.4, 0.5) is 5.69 Å². The molecule has 0 aliphatic rings. The maximum Gasteiger partial charge on any atom is 0.242 e. The zero-order valence-electron chi connectivity index (χ0n) is 11.5. The van der Waals surface area contributed by atoms with Gasteiger partial charge in [-0.15, -0.1) is 0 Å². The molecule has 0 fully saturated rings. The van der Waals surface area contributed by atoms with Crippen molar-refractivity contribution in [3.63, 3.8) is 0 Å². The molecule has 19 heavy (non-hydrogen) atoms. The predicted octanol–water partition coefficient (Wildman–Crippen LogP) is 4.32. The molecule has 0 saturated carbocycles. The van der Waals surface area contributed by atoms with Crippen molar-refractivity contribution in [2.45, 2.75) is 45.7 Å². The molecule has 1 amide bonds. The topological polar surface area (TPSA) is 41.1 Å². The van der Waals surface area contributed by atoms with Crippen molar-refractivity contribution in [2.75, 3.05) is 5.32 Å². The molecule has 0 spiro atoms. The second-order valence-corrected chi connectivity index (χ2v) is 6.19. The molecule has 0 aromatic heterocycles. The fourth-order valence-corrected chi connectivity index (χ4v) is 2.96. The molecular weight excluding hydrogens is 372 g/mol. The van der Waals surface area contributed by atoms with Gasteiger partial charge in [0, 0.05) is 15.0 Å². The lowest BCUT2D eigenvalue weighted by molar-refractivity contribution is -0.122. The highest BCUT2D eigenvalue weighted by molar-refractivity contribution is 9.11. The monoisotopic (exact) mass is 390 g/mol. The third-order valence-corrected chi connectivity index (χ3v) is 4.37. The second kappa shape index (κ2) is 7.90. The van der Waals surface area contributed by atoms with Crippen LogP contribution < -0.4 is 10.6 Å². The minimum atomic E-state index is -0.282. The average molecular weight is 392 g/mol. The Labute approximate surface area is 131 Å². The van der Waals surface area contributed by atoms with Crippen LogP contribution in [0, 0.1) is 0 Å². The minimum absolute atomic E-state index is 0.0244. The molecule has 1 unspecified atom stereocenters. The van der Waals surface area contributed by atoms with Gasteiger partial charge in [0.2, 0.25) is 5.91 Å². The van der Waals surface area contributed by atoms with Crippen molar-refractivity contribution in [3.05, 3.63) is 27.1 Å². The van der Waals surface area contributed by atoms with Gasteiger partial charge >= 0.3 is 0 Å². The average Bonchev–Trinajstić information content (AvgIpc) is 2.39. The fourth-order valence-electron chi connectivity index (χ4n) is 1.74. The first kappa shape index (κ1) is 16.5. The number of halogens is 2. The van der Waals surface area contributed by atoms with Gasteiger partial charge in [-0.1, -0.05) is 19.9 Å². The molecule has 3 nitrogen and oxygen atoms in total. The van der Waals surface area contributed by atoms with Crippen LogP contribution in [0.25, 0.3) is 0 Å². The number of carbonyl (C=O) groups excluding carboxylic acids is 1. The van der Waals surface area contributed by atoms with E-state index in [0.29, 0.717) is 0 Å². The van der Waals surface area contributed by atoms with E-state index < -0.39 is 0 Å². The number of carbonyl (C=O) groups is 1. The Kier molecular flexibility index (Phi) is 6.86. The van der Waals surface area contributed by atoms with Gasteiger partial charge in [-0.05, 0) is 63.8 Å². The van der Waals surface area contributed by atoms with Gasteiger partial charge in [0.05, 0.1) is 5.69 Å². The smallest absolute Gasteiger partial charge is 0.242 e. The SMILES string of the molecule is CCC(CC)NC(=O)C(C)Nc1c(Br)cccc1Br. The van der Waals surface area contributed by atoms with E-state index in [1.165, 1.54) is 0 Å². The number of nitrogens with one attached hydrogen (secondary N) is 2. The summed E-state index contributed by atoms with van der Waals surface area (Å²) in [4.78, 5) is 12.1. The third-order valence-electron chi connectivity index (χ3n) is 3.05. The van der Waals surface area contributed by atoms with Crippen LogP contribution >= 0.6 is 31.9 Å². The molecule has 1 atom stereocenters. The maximum atomic E-state index is 12.1. The van der Waals surface area contributed by atoms with Crippen molar-refractivity contribution >= 4 is 43.5 Å². The Hall–Kier alpha value is -0.550. The molecule has 0 bridgehead atoms. The highest BCUT2D eigenvalue weighted by Gasteiger charge is 2.17. The summed E-state index contributed by atoms with van der Waals surface area (Å²) in [5, 5.41) is 6.27. The first-order chi connectivity index (χ1) is 8.99. The number of rotatable bonds is 6. The Morgan fingerprint density at radius 3 is 2.21 bits per heavy atom. The van der Waals surface area contributed by atoms with Gasteiger partial charge < -0.3 is 10.6 Å². The largest absolute Gasteiger partial charge is 0.372 e. The molecule has 1 aromatic carbocycles. The van der Waals surface area contributed by atoms with Crippen LogP contribution in [-0.4, -0.2) is 18.0 Å². The first-order valence-electron chi connectivity index (χ1n) is 6.50. The van der Waals surface area contributed by atoms with Crippen molar-refractivity contribution in [1.29, 1.82) is 0 Å². The van der Waals surface area contributed by atoms with Gasteiger partial charge in [-0.2, -0.15) is 0 Å². The van der Waals surface area contributed by atoms with Gasteiger partial charge in [0.25, 0.3) is 0 Å². The standard InChI is InChI=1S/C14H20Br2N2O/c1-4-10(5-2)18-14(19)9(3)17-13-11(15)7-6-8-12(13)16/h6-10,17H,4-5H2,1-3H3,(H,18,19). The Morgan fingerprint density at radius 1 is 1.21 bits per heavy atom.